The van der Waals surface area contributed by atoms with Crippen molar-refractivity contribution in [2.75, 3.05) is 6.54 Å². The zero-order valence-electron chi connectivity index (χ0n) is 13.2. The molecule has 0 radical (unpaired) electrons. The lowest BCUT2D eigenvalue weighted by atomic mass is 9.82. The van der Waals surface area contributed by atoms with Gasteiger partial charge >= 0.3 is 0 Å². The third kappa shape index (κ3) is 4.92. The average molecular weight is 275 g/mol. The minimum atomic E-state index is 0.454. The van der Waals surface area contributed by atoms with Gasteiger partial charge in [-0.1, -0.05) is 45.0 Å². The van der Waals surface area contributed by atoms with Gasteiger partial charge in [0.2, 0.25) is 0 Å². The Bertz CT molecular complexity index is 377. The first-order chi connectivity index (χ1) is 9.67. The molecular formula is C18H29NO. The van der Waals surface area contributed by atoms with Crippen LogP contribution in [0.25, 0.3) is 0 Å². The molecule has 2 heteroatoms. The van der Waals surface area contributed by atoms with E-state index in [-0.39, 0.29) is 0 Å². The lowest BCUT2D eigenvalue weighted by Crippen LogP contribution is -2.26. The zero-order chi connectivity index (χ0) is 14.4. The second-order valence-electron chi connectivity index (χ2n) is 6.45. The van der Waals surface area contributed by atoms with Crippen LogP contribution in [0.3, 0.4) is 0 Å². The van der Waals surface area contributed by atoms with Crippen molar-refractivity contribution in [3.05, 3.63) is 35.4 Å². The largest absolute Gasteiger partial charge is 0.374 e. The first-order valence-electron chi connectivity index (χ1n) is 8.07. The van der Waals surface area contributed by atoms with Crippen LogP contribution < -0.4 is 5.32 Å². The molecule has 1 aliphatic rings. The number of nitrogens with one attached hydrogen (secondary N) is 1. The van der Waals surface area contributed by atoms with Gasteiger partial charge in [0.1, 0.15) is 0 Å². The van der Waals surface area contributed by atoms with Gasteiger partial charge in [-0.05, 0) is 48.8 Å². The number of benzene rings is 1. The molecule has 1 N–H and O–H groups in total. The van der Waals surface area contributed by atoms with Crippen LogP contribution in [0, 0.1) is 11.8 Å². The minimum Gasteiger partial charge on any atom is -0.374 e. The maximum atomic E-state index is 6.12. The summed E-state index contributed by atoms with van der Waals surface area (Å²) in [5.41, 5.74) is 2.63. The van der Waals surface area contributed by atoms with Crippen LogP contribution in [0.15, 0.2) is 24.3 Å². The Hall–Kier alpha value is -0.860. The standard InChI is InChI=1S/C18H29NO/c1-4-19-12-16-5-7-17(8-6-16)13-20-18-10-14(2)9-15(3)11-18/h5-8,14-15,18-19H,4,9-13H2,1-3H3. The molecule has 1 aromatic rings. The summed E-state index contributed by atoms with van der Waals surface area (Å²) >= 11 is 0. The summed E-state index contributed by atoms with van der Waals surface area (Å²) in [5.74, 6) is 1.62. The predicted molar refractivity (Wildman–Crippen MR) is 84.6 cm³/mol. The molecule has 20 heavy (non-hydrogen) atoms. The van der Waals surface area contributed by atoms with Gasteiger partial charge < -0.3 is 10.1 Å². The molecule has 0 saturated heterocycles. The van der Waals surface area contributed by atoms with Crippen molar-refractivity contribution >= 4 is 0 Å². The SMILES string of the molecule is CCNCc1ccc(COC2CC(C)CC(C)C2)cc1. The highest BCUT2D eigenvalue weighted by molar-refractivity contribution is 5.21. The summed E-state index contributed by atoms with van der Waals surface area (Å²) in [6.45, 7) is 9.56. The van der Waals surface area contributed by atoms with Crippen molar-refractivity contribution in [1.82, 2.24) is 5.32 Å². The molecule has 112 valence electrons. The highest BCUT2D eigenvalue weighted by Crippen LogP contribution is 2.30. The molecule has 1 fully saturated rings. The lowest BCUT2D eigenvalue weighted by molar-refractivity contribution is -0.00915. The number of hydrogen-bond acceptors (Lipinski definition) is 2. The Kier molecular flexibility index (Phi) is 6.06. The molecule has 2 nitrogen and oxygen atoms in total. The van der Waals surface area contributed by atoms with Gasteiger partial charge in [-0.2, -0.15) is 0 Å². The van der Waals surface area contributed by atoms with Crippen molar-refractivity contribution in [1.29, 1.82) is 0 Å². The molecule has 0 bridgehead atoms. The third-order valence-corrected chi connectivity index (χ3v) is 4.22. The summed E-state index contributed by atoms with van der Waals surface area (Å²) in [4.78, 5) is 0. The lowest BCUT2D eigenvalue weighted by Gasteiger charge is -2.31. The van der Waals surface area contributed by atoms with E-state index in [1.807, 2.05) is 0 Å². The summed E-state index contributed by atoms with van der Waals surface area (Å²) in [6, 6.07) is 8.80. The van der Waals surface area contributed by atoms with Gasteiger partial charge in [0.15, 0.2) is 0 Å². The van der Waals surface area contributed by atoms with Crippen LogP contribution in [0.4, 0.5) is 0 Å². The predicted octanol–water partition coefficient (Wildman–Crippen LogP) is 4.14. The number of hydrogen-bond donors (Lipinski definition) is 1. The summed E-state index contributed by atoms with van der Waals surface area (Å²) in [7, 11) is 0. The van der Waals surface area contributed by atoms with Crippen LogP contribution in [0.5, 0.6) is 0 Å². The quantitative estimate of drug-likeness (QED) is 0.842. The van der Waals surface area contributed by atoms with Gasteiger partial charge in [0.05, 0.1) is 12.7 Å². The molecule has 1 aliphatic carbocycles. The zero-order valence-corrected chi connectivity index (χ0v) is 13.2. The van der Waals surface area contributed by atoms with E-state index in [1.165, 1.54) is 30.4 Å². The molecule has 1 aromatic carbocycles. The van der Waals surface area contributed by atoms with Gasteiger partial charge in [-0.15, -0.1) is 0 Å². The van der Waals surface area contributed by atoms with Crippen molar-refractivity contribution in [2.24, 2.45) is 11.8 Å². The normalized spacial score (nSPS) is 26.6. The summed E-state index contributed by atoms with van der Waals surface area (Å²) < 4.78 is 6.12. The highest BCUT2D eigenvalue weighted by Gasteiger charge is 2.24. The molecule has 0 aliphatic heterocycles. The van der Waals surface area contributed by atoms with Crippen LogP contribution >= 0.6 is 0 Å². The average Bonchev–Trinajstić information content (AvgIpc) is 2.43. The van der Waals surface area contributed by atoms with E-state index >= 15 is 0 Å². The Balaban J connectivity index is 1.78. The minimum absolute atomic E-state index is 0.454. The molecular weight excluding hydrogens is 246 g/mol. The molecule has 1 saturated carbocycles. The van der Waals surface area contributed by atoms with E-state index in [0.29, 0.717) is 6.10 Å². The monoisotopic (exact) mass is 275 g/mol. The fourth-order valence-corrected chi connectivity index (χ4v) is 3.25. The molecule has 0 aromatic heterocycles. The van der Waals surface area contributed by atoms with Gasteiger partial charge in [-0.25, -0.2) is 0 Å². The highest BCUT2D eigenvalue weighted by atomic mass is 16.5. The first kappa shape index (κ1) is 15.5. The second-order valence-corrected chi connectivity index (χ2v) is 6.45. The molecule has 2 unspecified atom stereocenters. The molecule has 0 heterocycles. The smallest absolute Gasteiger partial charge is 0.0720 e. The van der Waals surface area contributed by atoms with Crippen LogP contribution in [-0.4, -0.2) is 12.6 Å². The van der Waals surface area contributed by atoms with E-state index in [9.17, 15) is 0 Å². The van der Waals surface area contributed by atoms with Crippen LogP contribution in [0.2, 0.25) is 0 Å². The third-order valence-electron chi connectivity index (χ3n) is 4.22. The Morgan fingerprint density at radius 1 is 1.00 bits per heavy atom. The molecule has 2 atom stereocenters. The fourth-order valence-electron chi connectivity index (χ4n) is 3.25. The Labute approximate surface area is 123 Å². The fraction of sp³-hybridized carbons (Fsp3) is 0.667. The summed E-state index contributed by atoms with van der Waals surface area (Å²) in [6.07, 6.45) is 4.26. The second kappa shape index (κ2) is 7.80. The summed E-state index contributed by atoms with van der Waals surface area (Å²) in [5, 5.41) is 3.35. The Morgan fingerprint density at radius 3 is 2.20 bits per heavy atom. The van der Waals surface area contributed by atoms with Gasteiger partial charge in [-0.3, -0.25) is 0 Å². The first-order valence-corrected chi connectivity index (χ1v) is 8.07. The number of ether oxygens (including phenoxy) is 1. The topological polar surface area (TPSA) is 21.3 Å². The van der Waals surface area contributed by atoms with Gasteiger partial charge in [0.25, 0.3) is 0 Å². The van der Waals surface area contributed by atoms with Crippen molar-refractivity contribution in [3.63, 3.8) is 0 Å². The van der Waals surface area contributed by atoms with E-state index in [2.05, 4.69) is 50.4 Å². The Morgan fingerprint density at radius 2 is 1.60 bits per heavy atom. The van der Waals surface area contributed by atoms with E-state index in [0.717, 1.165) is 31.5 Å². The van der Waals surface area contributed by atoms with E-state index in [1.54, 1.807) is 0 Å². The molecule has 0 spiro atoms. The van der Waals surface area contributed by atoms with Crippen molar-refractivity contribution < 1.29 is 4.74 Å². The van der Waals surface area contributed by atoms with E-state index < -0.39 is 0 Å². The maximum Gasteiger partial charge on any atom is 0.0720 e. The molecule has 2 rings (SSSR count). The van der Waals surface area contributed by atoms with Gasteiger partial charge in [0, 0.05) is 6.54 Å². The van der Waals surface area contributed by atoms with Crippen molar-refractivity contribution in [3.8, 4) is 0 Å². The molecule has 0 amide bonds. The van der Waals surface area contributed by atoms with Crippen LogP contribution in [-0.2, 0) is 17.9 Å². The van der Waals surface area contributed by atoms with Crippen molar-refractivity contribution in [2.45, 2.75) is 59.3 Å². The number of rotatable bonds is 6. The van der Waals surface area contributed by atoms with E-state index in [4.69, 9.17) is 4.74 Å². The van der Waals surface area contributed by atoms with Crippen LogP contribution in [0.1, 0.15) is 51.2 Å². The maximum absolute atomic E-state index is 6.12.